The minimum atomic E-state index is -0.541. The van der Waals surface area contributed by atoms with Gasteiger partial charge in [-0.15, -0.1) is 0 Å². The van der Waals surface area contributed by atoms with Crippen LogP contribution in [0.3, 0.4) is 0 Å². The van der Waals surface area contributed by atoms with Crippen molar-refractivity contribution in [2.45, 2.75) is 38.6 Å². The number of carbonyl (C=O) groups excluding carboxylic acids is 2. The van der Waals surface area contributed by atoms with Gasteiger partial charge in [-0.25, -0.2) is 4.79 Å². The first-order valence-corrected chi connectivity index (χ1v) is 9.32. The molecule has 6 heteroatoms. The van der Waals surface area contributed by atoms with Gasteiger partial charge in [0.1, 0.15) is 5.75 Å². The average Bonchev–Trinajstić information content (AvgIpc) is 2.64. The molecule has 1 unspecified atom stereocenters. The second kappa shape index (κ2) is 9.61. The molecule has 0 saturated carbocycles. The monoisotopic (exact) mass is 409 g/mol. The minimum Gasteiger partial charge on any atom is -0.496 e. The summed E-state index contributed by atoms with van der Waals surface area (Å²) in [7, 11) is 1.57. The van der Waals surface area contributed by atoms with Crippen LogP contribution < -0.4 is 4.74 Å². The number of benzene rings is 1. The van der Waals surface area contributed by atoms with Gasteiger partial charge in [0.25, 0.3) is 5.91 Å². The number of halogens is 1. The first kappa shape index (κ1) is 19.5. The fourth-order valence-corrected chi connectivity index (χ4v) is 3.39. The first-order valence-electron chi connectivity index (χ1n) is 8.53. The van der Waals surface area contributed by atoms with E-state index in [1.54, 1.807) is 19.3 Å². The molecule has 0 N–H and O–H groups in total. The maximum Gasteiger partial charge on any atom is 0.331 e. The van der Waals surface area contributed by atoms with E-state index in [4.69, 9.17) is 9.47 Å². The van der Waals surface area contributed by atoms with Crippen LogP contribution >= 0.6 is 15.9 Å². The normalized spacial score (nSPS) is 17.6. The molecule has 0 radical (unpaired) electrons. The highest BCUT2D eigenvalue weighted by Crippen LogP contribution is 2.24. The van der Waals surface area contributed by atoms with Gasteiger partial charge in [-0.05, 0) is 50.0 Å². The Morgan fingerprint density at radius 2 is 2.16 bits per heavy atom. The summed E-state index contributed by atoms with van der Waals surface area (Å²) < 4.78 is 11.2. The third-order valence-corrected chi connectivity index (χ3v) is 4.84. The van der Waals surface area contributed by atoms with Crippen LogP contribution in [0.15, 0.2) is 28.7 Å². The number of methoxy groups -OCH3 is 1. The molecular formula is C19H24BrNO4. The number of carbonyl (C=O) groups is 2. The Morgan fingerprint density at radius 1 is 1.36 bits per heavy atom. The van der Waals surface area contributed by atoms with E-state index in [-0.39, 0.29) is 18.6 Å². The third kappa shape index (κ3) is 5.59. The van der Waals surface area contributed by atoms with Crippen molar-refractivity contribution in [2.24, 2.45) is 0 Å². The van der Waals surface area contributed by atoms with Crippen LogP contribution in [-0.2, 0) is 14.3 Å². The fraction of sp³-hybridized carbons (Fsp3) is 0.474. The second-order valence-electron chi connectivity index (χ2n) is 5.97. The molecule has 2 rings (SSSR count). The van der Waals surface area contributed by atoms with Crippen LogP contribution in [-0.4, -0.2) is 43.1 Å². The number of hydrogen-bond donors (Lipinski definition) is 0. The Kier molecular flexibility index (Phi) is 7.50. The van der Waals surface area contributed by atoms with E-state index < -0.39 is 5.97 Å². The predicted molar refractivity (Wildman–Crippen MR) is 100 cm³/mol. The van der Waals surface area contributed by atoms with Crippen molar-refractivity contribution in [3.05, 3.63) is 34.3 Å². The molecular weight excluding hydrogens is 386 g/mol. The molecule has 1 atom stereocenters. The Morgan fingerprint density at radius 3 is 2.88 bits per heavy atom. The number of piperidine rings is 1. The molecule has 1 heterocycles. The van der Waals surface area contributed by atoms with Gasteiger partial charge in [0.2, 0.25) is 0 Å². The number of esters is 1. The zero-order valence-electron chi connectivity index (χ0n) is 14.7. The van der Waals surface area contributed by atoms with E-state index >= 15 is 0 Å². The van der Waals surface area contributed by atoms with Gasteiger partial charge < -0.3 is 14.4 Å². The summed E-state index contributed by atoms with van der Waals surface area (Å²) in [5.41, 5.74) is 0.752. The smallest absolute Gasteiger partial charge is 0.331 e. The van der Waals surface area contributed by atoms with Crippen molar-refractivity contribution in [1.29, 1.82) is 0 Å². The number of ether oxygens (including phenoxy) is 2. The van der Waals surface area contributed by atoms with Crippen molar-refractivity contribution in [2.75, 3.05) is 20.3 Å². The zero-order chi connectivity index (χ0) is 18.2. The van der Waals surface area contributed by atoms with E-state index in [0.29, 0.717) is 5.75 Å². The molecule has 25 heavy (non-hydrogen) atoms. The van der Waals surface area contributed by atoms with Gasteiger partial charge in [-0.2, -0.15) is 0 Å². The van der Waals surface area contributed by atoms with E-state index in [1.165, 1.54) is 6.08 Å². The lowest BCUT2D eigenvalue weighted by molar-refractivity contribution is -0.150. The SMILES string of the molecule is CCC1CCCCN1C(=O)COC(=O)/C=C/c1cc(Br)ccc1OC. The van der Waals surface area contributed by atoms with Gasteiger partial charge >= 0.3 is 5.97 Å². The first-order chi connectivity index (χ1) is 12.0. The third-order valence-electron chi connectivity index (χ3n) is 4.35. The lowest BCUT2D eigenvalue weighted by atomic mass is 10.00. The molecule has 5 nitrogen and oxygen atoms in total. The average molecular weight is 410 g/mol. The molecule has 1 aliphatic rings. The largest absolute Gasteiger partial charge is 0.496 e. The van der Waals surface area contributed by atoms with Gasteiger partial charge in [0.15, 0.2) is 6.61 Å². The van der Waals surface area contributed by atoms with Crippen LogP contribution in [0.2, 0.25) is 0 Å². The molecule has 1 aromatic rings. The molecule has 1 aliphatic heterocycles. The van der Waals surface area contributed by atoms with Crippen LogP contribution in [0.5, 0.6) is 5.75 Å². The van der Waals surface area contributed by atoms with Crippen molar-refractivity contribution >= 4 is 33.9 Å². The van der Waals surface area contributed by atoms with Crippen LogP contribution in [0.1, 0.15) is 38.2 Å². The maximum atomic E-state index is 12.3. The number of rotatable bonds is 6. The number of hydrogen-bond acceptors (Lipinski definition) is 4. The molecule has 1 aromatic carbocycles. The summed E-state index contributed by atoms with van der Waals surface area (Å²) in [5.74, 6) is -0.00352. The van der Waals surface area contributed by atoms with Crippen LogP contribution in [0, 0.1) is 0 Å². The molecule has 0 bridgehead atoms. The van der Waals surface area contributed by atoms with E-state index in [1.807, 2.05) is 17.0 Å². The van der Waals surface area contributed by atoms with Crippen LogP contribution in [0.25, 0.3) is 6.08 Å². The fourth-order valence-electron chi connectivity index (χ4n) is 3.01. The van der Waals surface area contributed by atoms with Gasteiger partial charge in [0, 0.05) is 28.7 Å². The van der Waals surface area contributed by atoms with Gasteiger partial charge in [0.05, 0.1) is 7.11 Å². The van der Waals surface area contributed by atoms with Crippen molar-refractivity contribution in [3.8, 4) is 5.75 Å². The van der Waals surface area contributed by atoms with E-state index in [9.17, 15) is 9.59 Å². The predicted octanol–water partition coefficient (Wildman–Crippen LogP) is 3.81. The Bertz CT molecular complexity index is 644. The van der Waals surface area contributed by atoms with E-state index in [0.717, 1.165) is 42.3 Å². The summed E-state index contributed by atoms with van der Waals surface area (Å²) in [6.45, 7) is 2.62. The summed E-state index contributed by atoms with van der Waals surface area (Å²) in [6, 6.07) is 5.77. The minimum absolute atomic E-state index is 0.117. The lowest BCUT2D eigenvalue weighted by Crippen LogP contribution is -2.45. The molecule has 136 valence electrons. The zero-order valence-corrected chi connectivity index (χ0v) is 16.3. The van der Waals surface area contributed by atoms with Gasteiger partial charge in [-0.3, -0.25) is 4.79 Å². The molecule has 1 amide bonds. The maximum absolute atomic E-state index is 12.3. The summed E-state index contributed by atoms with van der Waals surface area (Å²) >= 11 is 3.38. The quantitative estimate of drug-likeness (QED) is 0.529. The summed E-state index contributed by atoms with van der Waals surface area (Å²) in [4.78, 5) is 26.0. The topological polar surface area (TPSA) is 55.8 Å². The van der Waals surface area contributed by atoms with Crippen molar-refractivity contribution in [1.82, 2.24) is 4.90 Å². The highest BCUT2D eigenvalue weighted by Gasteiger charge is 2.25. The Labute approximate surface area is 157 Å². The lowest BCUT2D eigenvalue weighted by Gasteiger charge is -2.35. The number of nitrogens with zero attached hydrogens (tertiary/aromatic N) is 1. The van der Waals surface area contributed by atoms with Crippen LogP contribution in [0.4, 0.5) is 0 Å². The summed E-state index contributed by atoms with van der Waals surface area (Å²) in [6.07, 6.45) is 7.05. The molecule has 0 spiro atoms. The van der Waals surface area contributed by atoms with Crippen molar-refractivity contribution in [3.63, 3.8) is 0 Å². The second-order valence-corrected chi connectivity index (χ2v) is 6.89. The summed E-state index contributed by atoms with van der Waals surface area (Å²) in [5, 5.41) is 0. The Balaban J connectivity index is 1.90. The molecule has 1 fully saturated rings. The highest BCUT2D eigenvalue weighted by molar-refractivity contribution is 9.10. The number of amides is 1. The Hall–Kier alpha value is -1.82. The standard InChI is InChI=1S/C19H24BrNO4/c1-3-16-6-4-5-11-21(16)18(22)13-25-19(23)10-7-14-12-15(20)8-9-17(14)24-2/h7-10,12,16H,3-6,11,13H2,1-2H3/b10-7+. The molecule has 1 saturated heterocycles. The van der Waals surface area contributed by atoms with Crippen molar-refractivity contribution < 1.29 is 19.1 Å². The van der Waals surface area contributed by atoms with E-state index in [2.05, 4.69) is 22.9 Å². The number of likely N-dealkylation sites (tertiary alicyclic amines) is 1. The molecule has 0 aromatic heterocycles. The van der Waals surface area contributed by atoms with Gasteiger partial charge in [-0.1, -0.05) is 22.9 Å². The molecule has 0 aliphatic carbocycles. The highest BCUT2D eigenvalue weighted by atomic mass is 79.9.